The van der Waals surface area contributed by atoms with Crippen molar-refractivity contribution in [3.8, 4) is 5.75 Å². The van der Waals surface area contributed by atoms with Gasteiger partial charge in [0.15, 0.2) is 0 Å². The summed E-state index contributed by atoms with van der Waals surface area (Å²) in [5.74, 6) is 0.0564. The summed E-state index contributed by atoms with van der Waals surface area (Å²) in [5, 5.41) is 18.5. The highest BCUT2D eigenvalue weighted by atomic mass is 35.5. The molecule has 5 heteroatoms. The molecular weight excluding hydrogens is 213 g/mol. The molecular formula is C8H11Cl2NO2. The van der Waals surface area contributed by atoms with Gasteiger partial charge >= 0.3 is 0 Å². The monoisotopic (exact) mass is 223 g/mol. The Bertz CT molecular complexity index is 281. The van der Waals surface area contributed by atoms with E-state index in [4.69, 9.17) is 22.4 Å². The van der Waals surface area contributed by atoms with Gasteiger partial charge < -0.3 is 15.9 Å². The van der Waals surface area contributed by atoms with Crippen molar-refractivity contribution in [2.24, 2.45) is 5.73 Å². The lowest BCUT2D eigenvalue weighted by Crippen LogP contribution is -2.14. The second-order valence-electron chi connectivity index (χ2n) is 2.49. The fourth-order valence-electron chi connectivity index (χ4n) is 0.921. The maximum Gasteiger partial charge on any atom is 0.120 e. The van der Waals surface area contributed by atoms with E-state index in [9.17, 15) is 5.11 Å². The minimum Gasteiger partial charge on any atom is -0.508 e. The molecule has 3 nitrogen and oxygen atoms in total. The summed E-state index contributed by atoms with van der Waals surface area (Å²) < 4.78 is 0. The summed E-state index contributed by atoms with van der Waals surface area (Å²) in [4.78, 5) is 0. The van der Waals surface area contributed by atoms with Gasteiger partial charge in [-0.1, -0.05) is 11.6 Å². The van der Waals surface area contributed by atoms with Crippen molar-refractivity contribution >= 4 is 24.0 Å². The quantitative estimate of drug-likeness (QED) is 0.712. The Morgan fingerprint density at radius 2 is 2.08 bits per heavy atom. The van der Waals surface area contributed by atoms with Gasteiger partial charge in [-0.25, -0.2) is 0 Å². The minimum absolute atomic E-state index is 0. The molecule has 0 fully saturated rings. The molecule has 0 heterocycles. The van der Waals surface area contributed by atoms with Gasteiger partial charge in [0.2, 0.25) is 0 Å². The number of phenols is 1. The molecule has 1 rings (SSSR count). The number of hydrogen-bond donors (Lipinski definition) is 3. The van der Waals surface area contributed by atoms with Crippen molar-refractivity contribution in [1.29, 1.82) is 0 Å². The van der Waals surface area contributed by atoms with Gasteiger partial charge in [-0.3, -0.25) is 0 Å². The first-order valence-electron chi connectivity index (χ1n) is 3.50. The van der Waals surface area contributed by atoms with Crippen molar-refractivity contribution in [1.82, 2.24) is 0 Å². The lowest BCUT2D eigenvalue weighted by atomic mass is 10.1. The molecule has 0 radical (unpaired) electrons. The van der Waals surface area contributed by atoms with Gasteiger partial charge in [0.25, 0.3) is 0 Å². The van der Waals surface area contributed by atoms with Crippen LogP contribution < -0.4 is 5.73 Å². The highest BCUT2D eigenvalue weighted by Gasteiger charge is 2.09. The van der Waals surface area contributed by atoms with Gasteiger partial charge in [0, 0.05) is 10.6 Å². The second-order valence-corrected chi connectivity index (χ2v) is 2.93. The number of aliphatic hydroxyl groups is 1. The molecule has 1 aromatic rings. The van der Waals surface area contributed by atoms with E-state index in [1.165, 1.54) is 12.1 Å². The summed E-state index contributed by atoms with van der Waals surface area (Å²) >= 11 is 5.67. The summed E-state index contributed by atoms with van der Waals surface area (Å²) in [6.45, 7) is -0.214. The molecule has 0 bridgehead atoms. The molecule has 4 N–H and O–H groups in total. The topological polar surface area (TPSA) is 66.5 Å². The highest BCUT2D eigenvalue weighted by Crippen LogP contribution is 2.25. The van der Waals surface area contributed by atoms with Crippen LogP contribution in [0.1, 0.15) is 11.6 Å². The Morgan fingerprint density at radius 1 is 1.46 bits per heavy atom. The summed E-state index contributed by atoms with van der Waals surface area (Å²) in [7, 11) is 0. The standard InChI is InChI=1S/C8H10ClNO2.ClH/c9-5-1-2-8(12)6(3-5)7(10)4-11;/h1-3,7,11-12H,4,10H2;1H/t7-;/m1./s1. The average Bonchev–Trinajstić information content (AvgIpc) is 2.08. The van der Waals surface area contributed by atoms with E-state index < -0.39 is 6.04 Å². The van der Waals surface area contributed by atoms with Crippen LogP contribution in [-0.2, 0) is 0 Å². The molecule has 0 amide bonds. The van der Waals surface area contributed by atoms with Crippen LogP contribution in [0.25, 0.3) is 0 Å². The first kappa shape index (κ1) is 12.5. The Labute approximate surface area is 87.5 Å². The van der Waals surface area contributed by atoms with E-state index in [-0.39, 0.29) is 24.8 Å². The van der Waals surface area contributed by atoms with Crippen LogP contribution in [0.4, 0.5) is 0 Å². The second kappa shape index (κ2) is 5.29. The van der Waals surface area contributed by atoms with E-state index in [0.717, 1.165) is 0 Å². The molecule has 0 aliphatic carbocycles. The first-order chi connectivity index (χ1) is 5.65. The maximum atomic E-state index is 9.29. The zero-order valence-electron chi connectivity index (χ0n) is 6.77. The fourth-order valence-corrected chi connectivity index (χ4v) is 1.10. The molecule has 0 unspecified atom stereocenters. The highest BCUT2D eigenvalue weighted by molar-refractivity contribution is 6.30. The minimum atomic E-state index is -0.580. The van der Waals surface area contributed by atoms with Gasteiger partial charge in [-0.15, -0.1) is 12.4 Å². The van der Waals surface area contributed by atoms with Crippen LogP contribution in [-0.4, -0.2) is 16.8 Å². The van der Waals surface area contributed by atoms with Gasteiger partial charge in [-0.05, 0) is 18.2 Å². The lowest BCUT2D eigenvalue weighted by molar-refractivity contribution is 0.265. The predicted octanol–water partition coefficient (Wildman–Crippen LogP) is 1.46. The Morgan fingerprint density at radius 3 is 2.62 bits per heavy atom. The molecule has 74 valence electrons. The SMILES string of the molecule is Cl.N[C@H](CO)c1cc(Cl)ccc1O. The number of phenolic OH excluding ortho intramolecular Hbond substituents is 1. The van der Waals surface area contributed by atoms with Gasteiger partial charge in [0.1, 0.15) is 5.75 Å². The summed E-state index contributed by atoms with van der Waals surface area (Å²) in [5.41, 5.74) is 5.96. The maximum absolute atomic E-state index is 9.29. The number of aliphatic hydroxyl groups excluding tert-OH is 1. The largest absolute Gasteiger partial charge is 0.508 e. The smallest absolute Gasteiger partial charge is 0.120 e. The Kier molecular flexibility index (Phi) is 5.10. The van der Waals surface area contributed by atoms with E-state index in [2.05, 4.69) is 0 Å². The summed E-state index contributed by atoms with van der Waals surface area (Å²) in [6.07, 6.45) is 0. The third kappa shape index (κ3) is 3.04. The van der Waals surface area contributed by atoms with Gasteiger partial charge in [-0.2, -0.15) is 0 Å². The molecule has 1 atom stereocenters. The molecule has 0 aliphatic heterocycles. The van der Waals surface area contributed by atoms with Crippen molar-refractivity contribution in [3.63, 3.8) is 0 Å². The lowest BCUT2D eigenvalue weighted by Gasteiger charge is -2.10. The zero-order chi connectivity index (χ0) is 9.14. The van der Waals surface area contributed by atoms with Crippen LogP contribution in [0.15, 0.2) is 18.2 Å². The summed E-state index contributed by atoms with van der Waals surface area (Å²) in [6, 6.07) is 3.97. The van der Waals surface area contributed by atoms with Crippen LogP contribution >= 0.6 is 24.0 Å². The molecule has 0 spiro atoms. The average molecular weight is 224 g/mol. The van der Waals surface area contributed by atoms with Crippen LogP contribution in [0.5, 0.6) is 5.75 Å². The fraction of sp³-hybridized carbons (Fsp3) is 0.250. The van der Waals surface area contributed by atoms with Crippen molar-refractivity contribution in [3.05, 3.63) is 28.8 Å². The van der Waals surface area contributed by atoms with Crippen LogP contribution in [0, 0.1) is 0 Å². The number of halogens is 2. The van der Waals surface area contributed by atoms with Crippen molar-refractivity contribution in [2.75, 3.05) is 6.61 Å². The third-order valence-electron chi connectivity index (χ3n) is 1.59. The molecule has 0 saturated carbocycles. The molecule has 0 aromatic heterocycles. The Balaban J connectivity index is 0.00000144. The normalized spacial score (nSPS) is 11.9. The van der Waals surface area contributed by atoms with Crippen LogP contribution in [0.2, 0.25) is 5.02 Å². The van der Waals surface area contributed by atoms with E-state index in [0.29, 0.717) is 10.6 Å². The van der Waals surface area contributed by atoms with E-state index in [1.54, 1.807) is 6.07 Å². The zero-order valence-corrected chi connectivity index (χ0v) is 8.35. The predicted molar refractivity (Wildman–Crippen MR) is 54.4 cm³/mol. The van der Waals surface area contributed by atoms with Crippen molar-refractivity contribution < 1.29 is 10.2 Å². The number of nitrogens with two attached hydrogens (primary N) is 1. The van der Waals surface area contributed by atoms with Crippen molar-refractivity contribution in [2.45, 2.75) is 6.04 Å². The van der Waals surface area contributed by atoms with E-state index in [1.807, 2.05) is 0 Å². The molecule has 0 aliphatic rings. The molecule has 1 aromatic carbocycles. The Hall–Kier alpha value is -0.480. The van der Waals surface area contributed by atoms with Gasteiger partial charge in [0.05, 0.1) is 12.6 Å². The molecule has 0 saturated heterocycles. The molecule has 13 heavy (non-hydrogen) atoms. The third-order valence-corrected chi connectivity index (χ3v) is 1.82. The van der Waals surface area contributed by atoms with E-state index >= 15 is 0 Å². The number of benzene rings is 1. The number of rotatable bonds is 2. The first-order valence-corrected chi connectivity index (χ1v) is 3.88. The number of aromatic hydroxyl groups is 1. The van der Waals surface area contributed by atoms with Crippen LogP contribution in [0.3, 0.4) is 0 Å². The number of hydrogen-bond acceptors (Lipinski definition) is 3.